The first-order valence-corrected chi connectivity index (χ1v) is 8.41. The Balaban J connectivity index is 1.40. The number of benzene rings is 2. The van der Waals surface area contributed by atoms with E-state index in [1.165, 1.54) is 0 Å². The molecule has 0 fully saturated rings. The first-order chi connectivity index (χ1) is 13.2. The van der Waals surface area contributed by atoms with E-state index < -0.39 is 5.91 Å². The van der Waals surface area contributed by atoms with E-state index in [0.717, 1.165) is 11.1 Å². The van der Waals surface area contributed by atoms with Crippen LogP contribution in [0.3, 0.4) is 0 Å². The van der Waals surface area contributed by atoms with E-state index in [0.29, 0.717) is 16.7 Å². The Morgan fingerprint density at radius 3 is 2.52 bits per heavy atom. The average Bonchev–Trinajstić information content (AvgIpc) is 3.37. The quantitative estimate of drug-likeness (QED) is 0.550. The zero-order valence-electron chi connectivity index (χ0n) is 13.9. The summed E-state index contributed by atoms with van der Waals surface area (Å²) in [7, 11) is 0. The van der Waals surface area contributed by atoms with Crippen molar-refractivity contribution in [2.75, 3.05) is 0 Å². The van der Waals surface area contributed by atoms with Crippen LogP contribution in [-0.2, 0) is 6.54 Å². The van der Waals surface area contributed by atoms with Crippen molar-refractivity contribution in [1.82, 2.24) is 30.6 Å². The number of aromatic nitrogens is 5. The smallest absolute Gasteiger partial charge is 0.289 e. The number of rotatable bonds is 5. The summed E-state index contributed by atoms with van der Waals surface area (Å²) < 4.78 is 5.16. The molecule has 4 aromatic rings. The van der Waals surface area contributed by atoms with E-state index in [1.54, 1.807) is 24.3 Å². The van der Waals surface area contributed by atoms with Crippen molar-refractivity contribution in [3.05, 3.63) is 71.3 Å². The molecule has 0 atom stereocenters. The molecule has 0 aliphatic rings. The molecule has 2 heterocycles. The van der Waals surface area contributed by atoms with Crippen molar-refractivity contribution >= 4 is 17.5 Å². The highest BCUT2D eigenvalue weighted by Gasteiger charge is 2.15. The van der Waals surface area contributed by atoms with Crippen LogP contribution in [0.1, 0.15) is 16.5 Å². The van der Waals surface area contributed by atoms with Crippen molar-refractivity contribution in [3.63, 3.8) is 0 Å². The molecule has 0 aliphatic carbocycles. The summed E-state index contributed by atoms with van der Waals surface area (Å²) in [5, 5.41) is 13.9. The van der Waals surface area contributed by atoms with Crippen LogP contribution in [0.5, 0.6) is 0 Å². The van der Waals surface area contributed by atoms with Gasteiger partial charge in [-0.2, -0.15) is 10.1 Å². The first kappa shape index (κ1) is 16.9. The number of hydrogen-bond acceptors (Lipinski definition) is 6. The Kier molecular flexibility index (Phi) is 4.63. The van der Waals surface area contributed by atoms with E-state index in [4.69, 9.17) is 16.1 Å². The highest BCUT2D eigenvalue weighted by Crippen LogP contribution is 2.18. The van der Waals surface area contributed by atoms with E-state index in [1.807, 2.05) is 30.3 Å². The number of aromatic amines is 1. The number of nitrogens with zero attached hydrogens (tertiary/aromatic N) is 4. The lowest BCUT2D eigenvalue weighted by atomic mass is 10.2. The molecule has 2 aromatic carbocycles. The van der Waals surface area contributed by atoms with Gasteiger partial charge in [0.25, 0.3) is 5.91 Å². The van der Waals surface area contributed by atoms with Crippen LogP contribution in [0.2, 0.25) is 5.02 Å². The topological polar surface area (TPSA) is 110 Å². The molecular formula is C18H13ClN6O2. The van der Waals surface area contributed by atoms with Crippen molar-refractivity contribution in [2.24, 2.45) is 0 Å². The molecule has 1 amide bonds. The fourth-order valence-electron chi connectivity index (χ4n) is 2.36. The number of H-pyrrole nitrogens is 1. The molecule has 0 radical (unpaired) electrons. The lowest BCUT2D eigenvalue weighted by Gasteiger charge is -1.97. The van der Waals surface area contributed by atoms with Crippen LogP contribution in [0.4, 0.5) is 0 Å². The molecule has 0 bridgehead atoms. The molecule has 134 valence electrons. The minimum atomic E-state index is -0.420. The van der Waals surface area contributed by atoms with E-state index in [2.05, 4.69) is 30.6 Å². The minimum Gasteiger partial charge on any atom is -0.340 e. The Hall–Kier alpha value is -3.52. The average molecular weight is 381 g/mol. The van der Waals surface area contributed by atoms with Crippen molar-refractivity contribution < 1.29 is 9.32 Å². The van der Waals surface area contributed by atoms with Gasteiger partial charge in [0.2, 0.25) is 17.5 Å². The second-order valence-electron chi connectivity index (χ2n) is 5.57. The summed E-state index contributed by atoms with van der Waals surface area (Å²) in [6.07, 6.45) is 0. The van der Waals surface area contributed by atoms with Crippen LogP contribution < -0.4 is 5.32 Å². The van der Waals surface area contributed by atoms with Gasteiger partial charge >= 0.3 is 0 Å². The van der Waals surface area contributed by atoms with Gasteiger partial charge in [-0.15, -0.1) is 0 Å². The molecule has 0 saturated heterocycles. The monoisotopic (exact) mass is 380 g/mol. The van der Waals surface area contributed by atoms with Crippen LogP contribution in [-0.4, -0.2) is 31.2 Å². The van der Waals surface area contributed by atoms with Crippen molar-refractivity contribution in [2.45, 2.75) is 6.54 Å². The van der Waals surface area contributed by atoms with Crippen LogP contribution in [0.25, 0.3) is 22.8 Å². The second-order valence-corrected chi connectivity index (χ2v) is 6.01. The Morgan fingerprint density at radius 2 is 1.74 bits per heavy atom. The molecule has 0 unspecified atom stereocenters. The number of halogens is 1. The Bertz CT molecular complexity index is 1060. The summed E-state index contributed by atoms with van der Waals surface area (Å²) in [4.78, 5) is 20.7. The van der Waals surface area contributed by atoms with Crippen molar-refractivity contribution in [1.29, 1.82) is 0 Å². The SMILES string of the molecule is O=C(NCc1nc(-c2ccc(Cl)cc2)no1)c1nc(-c2ccccc2)n[nH]1. The Morgan fingerprint density at radius 1 is 1.00 bits per heavy atom. The van der Waals surface area contributed by atoms with Gasteiger partial charge in [0.15, 0.2) is 5.82 Å². The minimum absolute atomic E-state index is 0.0702. The fourth-order valence-corrected chi connectivity index (χ4v) is 2.49. The summed E-state index contributed by atoms with van der Waals surface area (Å²) in [5.74, 6) is 0.823. The Labute approximate surface area is 158 Å². The predicted molar refractivity (Wildman–Crippen MR) is 97.7 cm³/mol. The number of hydrogen-bond donors (Lipinski definition) is 2. The maximum atomic E-state index is 12.2. The third-order valence-electron chi connectivity index (χ3n) is 3.70. The molecule has 27 heavy (non-hydrogen) atoms. The third-order valence-corrected chi connectivity index (χ3v) is 3.96. The summed E-state index contributed by atoms with van der Waals surface area (Å²) >= 11 is 5.86. The van der Waals surface area contributed by atoms with Crippen LogP contribution in [0, 0.1) is 0 Å². The van der Waals surface area contributed by atoms with Gasteiger partial charge in [0, 0.05) is 16.1 Å². The molecule has 0 spiro atoms. The standard InChI is InChI=1S/C18H13ClN6O2/c19-13-8-6-12(7-9-13)16-21-14(27-25-16)10-20-18(26)17-22-15(23-24-17)11-4-2-1-3-5-11/h1-9H,10H2,(H,20,26)(H,22,23,24). The first-order valence-electron chi connectivity index (χ1n) is 8.03. The maximum Gasteiger partial charge on any atom is 0.289 e. The summed E-state index contributed by atoms with van der Waals surface area (Å²) in [5.41, 5.74) is 1.58. The molecule has 2 aromatic heterocycles. The highest BCUT2D eigenvalue weighted by atomic mass is 35.5. The number of carbonyl (C=O) groups is 1. The molecule has 0 aliphatic heterocycles. The third kappa shape index (κ3) is 3.85. The molecule has 0 saturated carbocycles. The largest absolute Gasteiger partial charge is 0.340 e. The maximum absolute atomic E-state index is 12.2. The summed E-state index contributed by atoms with van der Waals surface area (Å²) in [6.45, 7) is 0.0702. The normalized spacial score (nSPS) is 10.7. The van der Waals surface area contributed by atoms with Crippen LogP contribution in [0.15, 0.2) is 59.1 Å². The zero-order chi connectivity index (χ0) is 18.6. The molecule has 4 rings (SSSR count). The van der Waals surface area contributed by atoms with E-state index >= 15 is 0 Å². The van der Waals surface area contributed by atoms with Gasteiger partial charge in [0.1, 0.15) is 0 Å². The van der Waals surface area contributed by atoms with Gasteiger partial charge in [-0.3, -0.25) is 9.89 Å². The fraction of sp³-hybridized carbons (Fsp3) is 0.0556. The van der Waals surface area contributed by atoms with Gasteiger partial charge in [0.05, 0.1) is 6.54 Å². The number of nitrogens with one attached hydrogen (secondary N) is 2. The summed E-state index contributed by atoms with van der Waals surface area (Å²) in [6, 6.07) is 16.4. The van der Waals surface area contributed by atoms with E-state index in [9.17, 15) is 4.79 Å². The lowest BCUT2D eigenvalue weighted by molar-refractivity contribution is 0.0936. The molecular weight excluding hydrogens is 368 g/mol. The number of amides is 1. The zero-order valence-corrected chi connectivity index (χ0v) is 14.6. The predicted octanol–water partition coefficient (Wildman–Crippen LogP) is 3.11. The number of carbonyl (C=O) groups excluding carboxylic acids is 1. The highest BCUT2D eigenvalue weighted by molar-refractivity contribution is 6.30. The van der Waals surface area contributed by atoms with Gasteiger partial charge in [-0.05, 0) is 24.3 Å². The van der Waals surface area contributed by atoms with Gasteiger partial charge in [-0.1, -0.05) is 47.1 Å². The van der Waals surface area contributed by atoms with Crippen LogP contribution >= 0.6 is 11.6 Å². The van der Waals surface area contributed by atoms with Crippen molar-refractivity contribution in [3.8, 4) is 22.8 Å². The molecule has 8 nitrogen and oxygen atoms in total. The van der Waals surface area contributed by atoms with Gasteiger partial charge in [-0.25, -0.2) is 4.98 Å². The van der Waals surface area contributed by atoms with Gasteiger partial charge < -0.3 is 9.84 Å². The molecule has 9 heteroatoms. The van der Waals surface area contributed by atoms with E-state index in [-0.39, 0.29) is 18.3 Å². The second kappa shape index (κ2) is 7.38. The molecule has 2 N–H and O–H groups in total. The lowest BCUT2D eigenvalue weighted by Crippen LogP contribution is -2.24.